The average Bonchev–Trinajstić information content (AvgIpc) is 3.39. The first kappa shape index (κ1) is 21.6. The summed E-state index contributed by atoms with van der Waals surface area (Å²) >= 11 is 7.36. The minimum Gasteiger partial charge on any atom is -0.343 e. The number of anilines is 2. The highest BCUT2D eigenvalue weighted by atomic mass is 35.5. The molecule has 31 heavy (non-hydrogen) atoms. The Bertz CT molecular complexity index is 1020. The quantitative estimate of drug-likeness (QED) is 0.599. The van der Waals surface area contributed by atoms with Crippen molar-refractivity contribution in [2.24, 2.45) is 0 Å². The third-order valence-electron chi connectivity index (χ3n) is 5.22. The van der Waals surface area contributed by atoms with Gasteiger partial charge in [-0.1, -0.05) is 30.7 Å². The SMILES string of the molecule is CCCn1ccc(NC(=O)N2CCN(c3nc(Cc4ccc(Cl)cc4)ns3)CC2C)n1. The van der Waals surface area contributed by atoms with Crippen LogP contribution in [0.4, 0.5) is 15.7 Å². The van der Waals surface area contributed by atoms with Gasteiger partial charge in [-0.25, -0.2) is 9.78 Å². The first-order chi connectivity index (χ1) is 15.0. The molecular formula is C21H26ClN7OS. The summed E-state index contributed by atoms with van der Waals surface area (Å²) < 4.78 is 6.36. The second-order valence-electron chi connectivity index (χ2n) is 7.68. The number of carbonyl (C=O) groups excluding carboxylic acids is 1. The van der Waals surface area contributed by atoms with Crippen LogP contribution in [0.1, 0.15) is 31.7 Å². The summed E-state index contributed by atoms with van der Waals surface area (Å²) in [4.78, 5) is 21.5. The van der Waals surface area contributed by atoms with Gasteiger partial charge in [0.15, 0.2) is 5.82 Å². The predicted molar refractivity (Wildman–Crippen MR) is 124 cm³/mol. The monoisotopic (exact) mass is 459 g/mol. The van der Waals surface area contributed by atoms with Crippen molar-refractivity contribution in [1.29, 1.82) is 0 Å². The van der Waals surface area contributed by atoms with Gasteiger partial charge in [0.05, 0.1) is 0 Å². The molecule has 0 bridgehead atoms. The lowest BCUT2D eigenvalue weighted by Gasteiger charge is -2.39. The van der Waals surface area contributed by atoms with Crippen LogP contribution >= 0.6 is 23.1 Å². The molecule has 164 valence electrons. The van der Waals surface area contributed by atoms with E-state index in [0.717, 1.165) is 41.1 Å². The zero-order valence-electron chi connectivity index (χ0n) is 17.7. The van der Waals surface area contributed by atoms with E-state index in [0.29, 0.717) is 25.3 Å². The number of aryl methyl sites for hydroxylation is 1. The van der Waals surface area contributed by atoms with Gasteiger partial charge >= 0.3 is 6.03 Å². The fourth-order valence-electron chi connectivity index (χ4n) is 3.63. The molecule has 1 aliphatic heterocycles. The Morgan fingerprint density at radius 1 is 1.26 bits per heavy atom. The maximum atomic E-state index is 12.7. The number of benzene rings is 1. The summed E-state index contributed by atoms with van der Waals surface area (Å²) in [5, 5.41) is 8.92. The fraction of sp³-hybridized carbons (Fsp3) is 0.429. The number of nitrogens with zero attached hydrogens (tertiary/aromatic N) is 6. The van der Waals surface area contributed by atoms with Crippen LogP contribution in [0.3, 0.4) is 0 Å². The zero-order chi connectivity index (χ0) is 21.8. The van der Waals surface area contributed by atoms with Gasteiger partial charge in [0, 0.05) is 67.5 Å². The van der Waals surface area contributed by atoms with Gasteiger partial charge in [-0.15, -0.1) is 0 Å². The summed E-state index contributed by atoms with van der Waals surface area (Å²) in [6.45, 7) is 7.04. The van der Waals surface area contributed by atoms with Gasteiger partial charge in [-0.2, -0.15) is 9.47 Å². The Labute approximate surface area is 191 Å². The van der Waals surface area contributed by atoms with E-state index in [4.69, 9.17) is 16.6 Å². The van der Waals surface area contributed by atoms with E-state index in [1.165, 1.54) is 11.5 Å². The molecule has 0 aliphatic carbocycles. The summed E-state index contributed by atoms with van der Waals surface area (Å²) in [5.41, 5.74) is 1.13. The van der Waals surface area contributed by atoms with E-state index in [1.54, 1.807) is 0 Å². The maximum absolute atomic E-state index is 12.7. The standard InChI is InChI=1S/C21H26ClN7OS/c1-3-9-28-10-8-18(25-28)23-20(30)29-12-11-27(14-15(29)2)21-24-19(26-31-21)13-16-4-6-17(22)7-5-16/h4-8,10,15H,3,9,11-14H2,1-2H3,(H,23,25,30). The number of piperazine rings is 1. The van der Waals surface area contributed by atoms with Gasteiger partial charge in [-0.3, -0.25) is 10.00 Å². The predicted octanol–water partition coefficient (Wildman–Crippen LogP) is 4.13. The molecule has 0 spiro atoms. The lowest BCUT2D eigenvalue weighted by molar-refractivity contribution is 0.184. The molecule has 1 unspecified atom stereocenters. The molecule has 3 aromatic rings. The molecule has 1 atom stereocenters. The van der Waals surface area contributed by atoms with Crippen LogP contribution in [0.5, 0.6) is 0 Å². The summed E-state index contributed by atoms with van der Waals surface area (Å²) in [7, 11) is 0. The molecule has 1 fully saturated rings. The molecule has 8 nitrogen and oxygen atoms in total. The topological polar surface area (TPSA) is 79.2 Å². The Morgan fingerprint density at radius 2 is 2.06 bits per heavy atom. The zero-order valence-corrected chi connectivity index (χ0v) is 19.2. The molecule has 1 N–H and O–H groups in total. The normalized spacial score (nSPS) is 16.5. The number of amides is 2. The average molecular weight is 460 g/mol. The minimum absolute atomic E-state index is 0.0510. The number of urea groups is 1. The molecule has 0 saturated carbocycles. The third-order valence-corrected chi connectivity index (χ3v) is 6.29. The number of rotatable bonds is 6. The van der Waals surface area contributed by atoms with E-state index in [-0.39, 0.29) is 12.1 Å². The van der Waals surface area contributed by atoms with Crippen LogP contribution in [-0.2, 0) is 13.0 Å². The molecule has 1 saturated heterocycles. The van der Waals surface area contributed by atoms with Crippen LogP contribution in [0.15, 0.2) is 36.5 Å². The van der Waals surface area contributed by atoms with Crippen LogP contribution in [0, 0.1) is 0 Å². The second kappa shape index (κ2) is 9.65. The van der Waals surface area contributed by atoms with E-state index in [9.17, 15) is 4.79 Å². The van der Waals surface area contributed by atoms with Crippen LogP contribution in [-0.4, -0.2) is 55.7 Å². The lowest BCUT2D eigenvalue weighted by Crippen LogP contribution is -2.55. The fourth-order valence-corrected chi connectivity index (χ4v) is 4.47. The van der Waals surface area contributed by atoms with Gasteiger partial charge in [0.1, 0.15) is 5.82 Å². The van der Waals surface area contributed by atoms with Crippen molar-refractivity contribution < 1.29 is 4.79 Å². The van der Waals surface area contributed by atoms with Gasteiger partial charge in [0.25, 0.3) is 0 Å². The Balaban J connectivity index is 1.33. The number of halogens is 1. The van der Waals surface area contributed by atoms with Crippen molar-refractivity contribution in [2.45, 2.75) is 39.3 Å². The van der Waals surface area contributed by atoms with Crippen molar-refractivity contribution >= 4 is 40.1 Å². The first-order valence-corrected chi connectivity index (χ1v) is 11.6. The number of aromatic nitrogens is 4. The van der Waals surface area contributed by atoms with Crippen LogP contribution in [0.25, 0.3) is 0 Å². The summed E-state index contributed by atoms with van der Waals surface area (Å²) in [6.07, 6.45) is 3.56. The summed E-state index contributed by atoms with van der Waals surface area (Å²) in [5.74, 6) is 1.39. The van der Waals surface area contributed by atoms with Crippen molar-refractivity contribution in [3.8, 4) is 0 Å². The van der Waals surface area contributed by atoms with Gasteiger partial charge in [-0.05, 0) is 31.0 Å². The number of hydrogen-bond donors (Lipinski definition) is 1. The molecule has 0 radical (unpaired) electrons. The molecule has 1 aliphatic rings. The second-order valence-corrected chi connectivity index (χ2v) is 8.85. The molecule has 10 heteroatoms. The third kappa shape index (κ3) is 5.34. The number of carbonyl (C=O) groups is 1. The summed E-state index contributed by atoms with van der Waals surface area (Å²) in [6, 6.07) is 9.51. The van der Waals surface area contributed by atoms with Crippen molar-refractivity contribution in [3.63, 3.8) is 0 Å². The number of hydrogen-bond acceptors (Lipinski definition) is 6. The molecule has 2 amide bonds. The highest BCUT2D eigenvalue weighted by molar-refractivity contribution is 7.09. The first-order valence-electron chi connectivity index (χ1n) is 10.4. The molecule has 1 aromatic carbocycles. The Hall–Kier alpha value is -2.65. The largest absolute Gasteiger partial charge is 0.343 e. The van der Waals surface area contributed by atoms with Crippen LogP contribution < -0.4 is 10.2 Å². The molecule has 2 aromatic heterocycles. The van der Waals surface area contributed by atoms with Gasteiger partial charge in [0.2, 0.25) is 5.13 Å². The Morgan fingerprint density at radius 3 is 2.81 bits per heavy atom. The lowest BCUT2D eigenvalue weighted by atomic mass is 10.1. The van der Waals surface area contributed by atoms with E-state index in [2.05, 4.69) is 33.5 Å². The van der Waals surface area contributed by atoms with Crippen LogP contribution in [0.2, 0.25) is 5.02 Å². The smallest absolute Gasteiger partial charge is 0.323 e. The van der Waals surface area contributed by atoms with Crippen molar-refractivity contribution in [3.05, 3.63) is 52.9 Å². The Kier molecular flexibility index (Phi) is 6.72. The van der Waals surface area contributed by atoms with E-state index >= 15 is 0 Å². The van der Waals surface area contributed by atoms with E-state index < -0.39 is 0 Å². The molecular weight excluding hydrogens is 434 g/mol. The minimum atomic E-state index is -0.116. The molecule has 3 heterocycles. The molecule has 4 rings (SSSR count). The number of nitrogens with one attached hydrogen (secondary N) is 1. The highest BCUT2D eigenvalue weighted by Crippen LogP contribution is 2.23. The van der Waals surface area contributed by atoms with Crippen molar-refractivity contribution in [2.75, 3.05) is 29.9 Å². The highest BCUT2D eigenvalue weighted by Gasteiger charge is 2.29. The van der Waals surface area contributed by atoms with Crippen molar-refractivity contribution in [1.82, 2.24) is 24.0 Å². The van der Waals surface area contributed by atoms with Gasteiger partial charge < -0.3 is 9.80 Å². The maximum Gasteiger partial charge on any atom is 0.323 e. The van der Waals surface area contributed by atoms with E-state index in [1.807, 2.05) is 46.1 Å².